The van der Waals surface area contributed by atoms with Gasteiger partial charge in [0.1, 0.15) is 0 Å². The molecule has 2 aromatic rings. The van der Waals surface area contributed by atoms with Crippen LogP contribution in [0.25, 0.3) is 0 Å². The third-order valence-corrected chi connectivity index (χ3v) is 5.75. The maximum Gasteiger partial charge on any atom is 0.0704 e. The second-order valence-corrected chi connectivity index (χ2v) is 8.15. The molecule has 1 saturated carbocycles. The minimum Gasteiger partial charge on any atom is -0.310 e. The maximum atomic E-state index is 3.70. The number of thiophene rings is 1. The minimum absolute atomic E-state index is 0.493. The van der Waals surface area contributed by atoms with Crippen molar-refractivity contribution >= 4 is 27.3 Å². The van der Waals surface area contributed by atoms with E-state index < -0.39 is 0 Å². The van der Waals surface area contributed by atoms with Crippen LogP contribution in [0.2, 0.25) is 0 Å². The number of hydrogen-bond donors (Lipinski definition) is 1. The lowest BCUT2D eigenvalue weighted by Gasteiger charge is -2.18. The zero-order valence-corrected chi connectivity index (χ0v) is 14.3. The van der Waals surface area contributed by atoms with Gasteiger partial charge in [-0.1, -0.05) is 37.3 Å². The predicted octanol–water partition coefficient (Wildman–Crippen LogP) is 5.27. The van der Waals surface area contributed by atoms with Gasteiger partial charge in [0.25, 0.3) is 0 Å². The highest BCUT2D eigenvalue weighted by molar-refractivity contribution is 9.11. The van der Waals surface area contributed by atoms with Gasteiger partial charge in [-0.05, 0) is 64.8 Å². The van der Waals surface area contributed by atoms with E-state index in [9.17, 15) is 0 Å². The van der Waals surface area contributed by atoms with Crippen LogP contribution in [-0.2, 0) is 0 Å². The summed E-state index contributed by atoms with van der Waals surface area (Å²) in [6.07, 6.45) is 1.30. The Kier molecular flexibility index (Phi) is 4.29. The molecule has 0 spiro atoms. The lowest BCUT2D eigenvalue weighted by atomic mass is 9.99. The quantitative estimate of drug-likeness (QED) is 0.774. The molecule has 1 aliphatic carbocycles. The van der Waals surface area contributed by atoms with E-state index in [2.05, 4.69) is 71.5 Å². The van der Waals surface area contributed by atoms with E-state index in [0.29, 0.717) is 6.04 Å². The molecular weight excluding hydrogens is 330 g/mol. The first kappa shape index (κ1) is 14.3. The zero-order chi connectivity index (χ0) is 14.1. The van der Waals surface area contributed by atoms with Gasteiger partial charge in [-0.3, -0.25) is 0 Å². The van der Waals surface area contributed by atoms with Crippen LogP contribution in [0.3, 0.4) is 0 Å². The molecule has 0 saturated heterocycles. The first-order valence-electron chi connectivity index (χ1n) is 7.25. The largest absolute Gasteiger partial charge is 0.310 e. The highest BCUT2D eigenvalue weighted by Gasteiger charge is 2.44. The summed E-state index contributed by atoms with van der Waals surface area (Å²) in [4.78, 5) is 1.43. The summed E-state index contributed by atoms with van der Waals surface area (Å²) in [6.45, 7) is 5.45. The fourth-order valence-electron chi connectivity index (χ4n) is 3.15. The van der Waals surface area contributed by atoms with Gasteiger partial charge in [-0.2, -0.15) is 0 Å². The summed E-state index contributed by atoms with van der Waals surface area (Å²) < 4.78 is 1.24. The Balaban J connectivity index is 1.81. The molecule has 3 rings (SSSR count). The Morgan fingerprint density at radius 3 is 2.70 bits per heavy atom. The lowest BCUT2D eigenvalue weighted by Crippen LogP contribution is -2.23. The van der Waals surface area contributed by atoms with Crippen LogP contribution < -0.4 is 5.32 Å². The van der Waals surface area contributed by atoms with Crippen LogP contribution in [0.15, 0.2) is 40.2 Å². The summed E-state index contributed by atoms with van der Waals surface area (Å²) in [5.41, 5.74) is 2.97. The average Bonchev–Trinajstić information content (AvgIpc) is 3.17. The van der Waals surface area contributed by atoms with Gasteiger partial charge < -0.3 is 5.32 Å². The van der Waals surface area contributed by atoms with Crippen molar-refractivity contribution in [1.29, 1.82) is 0 Å². The van der Waals surface area contributed by atoms with Crippen LogP contribution >= 0.6 is 27.3 Å². The van der Waals surface area contributed by atoms with Crippen LogP contribution in [0.1, 0.15) is 41.3 Å². The molecule has 0 aliphatic heterocycles. The molecule has 0 amide bonds. The zero-order valence-electron chi connectivity index (χ0n) is 11.9. The van der Waals surface area contributed by atoms with Crippen molar-refractivity contribution in [2.45, 2.75) is 32.2 Å². The number of halogens is 1. The fraction of sp³-hybridized carbons (Fsp3) is 0.412. The van der Waals surface area contributed by atoms with Crippen molar-refractivity contribution in [2.75, 3.05) is 6.54 Å². The molecule has 1 N–H and O–H groups in total. The Hall–Kier alpha value is -0.640. The molecule has 20 heavy (non-hydrogen) atoms. The SMILES string of the molecule is CCNC(c1cc(Br)sc1C)C1CC1c1ccccc1. The summed E-state index contributed by atoms with van der Waals surface area (Å²) >= 11 is 5.46. The smallest absolute Gasteiger partial charge is 0.0704 e. The summed E-state index contributed by atoms with van der Waals surface area (Å²) in [5.74, 6) is 1.45. The first-order valence-corrected chi connectivity index (χ1v) is 8.85. The minimum atomic E-state index is 0.493. The standard InChI is InChI=1S/C17H20BrNS/c1-3-19-17(13-10-16(18)20-11(13)2)15-9-14(15)12-7-5-4-6-8-12/h4-8,10,14-15,17,19H,3,9H2,1-2H3. The van der Waals surface area contributed by atoms with E-state index >= 15 is 0 Å². The van der Waals surface area contributed by atoms with Gasteiger partial charge in [-0.25, -0.2) is 0 Å². The summed E-state index contributed by atoms with van der Waals surface area (Å²) in [6, 6.07) is 13.7. The van der Waals surface area contributed by atoms with Crippen LogP contribution in [-0.4, -0.2) is 6.54 Å². The van der Waals surface area contributed by atoms with Gasteiger partial charge >= 0.3 is 0 Å². The van der Waals surface area contributed by atoms with E-state index in [0.717, 1.165) is 18.4 Å². The average molecular weight is 350 g/mol. The topological polar surface area (TPSA) is 12.0 Å². The Bertz CT molecular complexity index is 578. The Labute approximate surface area is 133 Å². The predicted molar refractivity (Wildman–Crippen MR) is 90.5 cm³/mol. The molecule has 1 aromatic carbocycles. The molecule has 3 atom stereocenters. The maximum absolute atomic E-state index is 3.70. The van der Waals surface area contributed by atoms with E-state index in [1.807, 2.05) is 11.3 Å². The number of nitrogens with one attached hydrogen (secondary N) is 1. The second-order valence-electron chi connectivity index (χ2n) is 5.51. The molecule has 1 aromatic heterocycles. The van der Waals surface area contributed by atoms with Gasteiger partial charge in [0, 0.05) is 10.9 Å². The number of rotatable bonds is 5. The van der Waals surface area contributed by atoms with Crippen molar-refractivity contribution in [3.8, 4) is 0 Å². The number of hydrogen-bond acceptors (Lipinski definition) is 2. The normalized spacial score (nSPS) is 22.8. The molecule has 1 fully saturated rings. The molecule has 3 unspecified atom stereocenters. The van der Waals surface area contributed by atoms with Crippen molar-refractivity contribution in [1.82, 2.24) is 5.32 Å². The van der Waals surface area contributed by atoms with E-state index in [4.69, 9.17) is 0 Å². The molecular formula is C17H20BrNS. The lowest BCUT2D eigenvalue weighted by molar-refractivity contribution is 0.486. The molecule has 1 aliphatic rings. The third kappa shape index (κ3) is 2.85. The number of benzene rings is 1. The molecule has 106 valence electrons. The fourth-order valence-corrected chi connectivity index (χ4v) is 4.90. The summed E-state index contributed by atoms with van der Waals surface area (Å²) in [7, 11) is 0. The third-order valence-electron chi connectivity index (χ3n) is 4.18. The first-order chi connectivity index (χ1) is 9.70. The van der Waals surface area contributed by atoms with Gasteiger partial charge in [0.2, 0.25) is 0 Å². The van der Waals surface area contributed by atoms with Crippen LogP contribution in [0, 0.1) is 12.8 Å². The molecule has 1 heterocycles. The molecule has 3 heteroatoms. The van der Waals surface area contributed by atoms with Gasteiger partial charge in [-0.15, -0.1) is 11.3 Å². The van der Waals surface area contributed by atoms with E-state index in [-0.39, 0.29) is 0 Å². The highest BCUT2D eigenvalue weighted by Crippen LogP contribution is 2.55. The van der Waals surface area contributed by atoms with Crippen molar-refractivity contribution < 1.29 is 0 Å². The van der Waals surface area contributed by atoms with Crippen molar-refractivity contribution in [2.24, 2.45) is 5.92 Å². The molecule has 0 bridgehead atoms. The van der Waals surface area contributed by atoms with Crippen LogP contribution in [0.5, 0.6) is 0 Å². The highest BCUT2D eigenvalue weighted by atomic mass is 79.9. The van der Waals surface area contributed by atoms with Crippen molar-refractivity contribution in [3.63, 3.8) is 0 Å². The Morgan fingerprint density at radius 2 is 2.10 bits per heavy atom. The van der Waals surface area contributed by atoms with E-state index in [1.165, 1.54) is 26.2 Å². The van der Waals surface area contributed by atoms with E-state index in [1.54, 1.807) is 0 Å². The number of aryl methyl sites for hydroxylation is 1. The molecule has 0 radical (unpaired) electrons. The van der Waals surface area contributed by atoms with Crippen LogP contribution in [0.4, 0.5) is 0 Å². The van der Waals surface area contributed by atoms with Gasteiger partial charge in [0.15, 0.2) is 0 Å². The second kappa shape index (κ2) is 6.00. The van der Waals surface area contributed by atoms with Crippen molar-refractivity contribution in [3.05, 3.63) is 56.2 Å². The van der Waals surface area contributed by atoms with Gasteiger partial charge in [0.05, 0.1) is 3.79 Å². The monoisotopic (exact) mass is 349 g/mol. The Morgan fingerprint density at radius 1 is 1.35 bits per heavy atom. The summed E-state index contributed by atoms with van der Waals surface area (Å²) in [5, 5.41) is 3.70. The molecule has 1 nitrogen and oxygen atoms in total.